The maximum absolute atomic E-state index is 12.0. The third kappa shape index (κ3) is 4.45. The van der Waals surface area contributed by atoms with Crippen molar-refractivity contribution in [2.75, 3.05) is 13.7 Å². The number of rotatable bonds is 6. The lowest BCUT2D eigenvalue weighted by molar-refractivity contribution is 0.0972. The van der Waals surface area contributed by atoms with Crippen molar-refractivity contribution in [3.63, 3.8) is 0 Å². The average molecular weight is 287 g/mol. The van der Waals surface area contributed by atoms with E-state index in [-0.39, 0.29) is 12.3 Å². The van der Waals surface area contributed by atoms with E-state index in [1.165, 1.54) is 7.11 Å². The number of benzene rings is 1. The SMILES string of the molecule is COC(=O)NCCc1cn(CC(=O)c2ccccc2)cn1. The van der Waals surface area contributed by atoms with E-state index in [0.29, 0.717) is 18.5 Å². The van der Waals surface area contributed by atoms with Crippen LogP contribution in [0.3, 0.4) is 0 Å². The van der Waals surface area contributed by atoms with E-state index in [2.05, 4.69) is 15.0 Å². The normalized spacial score (nSPS) is 10.1. The van der Waals surface area contributed by atoms with Crippen LogP contribution < -0.4 is 5.32 Å². The minimum atomic E-state index is -0.464. The van der Waals surface area contributed by atoms with Gasteiger partial charge in [0.25, 0.3) is 0 Å². The van der Waals surface area contributed by atoms with Gasteiger partial charge in [-0.15, -0.1) is 0 Å². The van der Waals surface area contributed by atoms with Crippen molar-refractivity contribution in [1.82, 2.24) is 14.9 Å². The summed E-state index contributed by atoms with van der Waals surface area (Å²) in [5.74, 6) is 0.0345. The van der Waals surface area contributed by atoms with Crippen molar-refractivity contribution in [3.05, 3.63) is 54.1 Å². The summed E-state index contributed by atoms with van der Waals surface area (Å²) in [6.07, 6.45) is 3.55. The summed E-state index contributed by atoms with van der Waals surface area (Å²) in [7, 11) is 1.32. The number of alkyl carbamates (subject to hydrolysis) is 1. The number of Topliss-reactive ketones (excluding diaryl/α,β-unsaturated/α-hetero) is 1. The van der Waals surface area contributed by atoms with Crippen LogP contribution in [0.25, 0.3) is 0 Å². The topological polar surface area (TPSA) is 73.2 Å². The van der Waals surface area contributed by atoms with Crippen LogP contribution in [0.1, 0.15) is 16.1 Å². The number of imidazole rings is 1. The summed E-state index contributed by atoms with van der Waals surface area (Å²) in [6, 6.07) is 9.14. The Morgan fingerprint density at radius 2 is 2.05 bits per heavy atom. The van der Waals surface area contributed by atoms with Crippen molar-refractivity contribution in [2.45, 2.75) is 13.0 Å². The molecule has 0 aliphatic heterocycles. The zero-order chi connectivity index (χ0) is 15.1. The molecule has 1 amide bonds. The summed E-state index contributed by atoms with van der Waals surface area (Å²) >= 11 is 0. The molecule has 0 fully saturated rings. The van der Waals surface area contributed by atoms with Crippen LogP contribution in [0.4, 0.5) is 4.79 Å². The second-order valence-electron chi connectivity index (χ2n) is 4.49. The fourth-order valence-electron chi connectivity index (χ4n) is 1.87. The molecule has 0 atom stereocenters. The molecular formula is C15H17N3O3. The van der Waals surface area contributed by atoms with Crippen molar-refractivity contribution in [3.8, 4) is 0 Å². The molecule has 1 aromatic carbocycles. The molecule has 21 heavy (non-hydrogen) atoms. The Balaban J connectivity index is 1.85. The van der Waals surface area contributed by atoms with Gasteiger partial charge in [0.1, 0.15) is 0 Å². The molecule has 0 radical (unpaired) electrons. The second-order valence-corrected chi connectivity index (χ2v) is 4.49. The highest BCUT2D eigenvalue weighted by atomic mass is 16.5. The lowest BCUT2D eigenvalue weighted by atomic mass is 10.1. The van der Waals surface area contributed by atoms with Gasteiger partial charge in [0.2, 0.25) is 0 Å². The first-order valence-electron chi connectivity index (χ1n) is 6.60. The Bertz CT molecular complexity index is 608. The van der Waals surface area contributed by atoms with Gasteiger partial charge in [0, 0.05) is 24.7 Å². The van der Waals surface area contributed by atoms with Crippen molar-refractivity contribution in [2.24, 2.45) is 0 Å². The van der Waals surface area contributed by atoms with Crippen LogP contribution >= 0.6 is 0 Å². The summed E-state index contributed by atoms with van der Waals surface area (Å²) in [5.41, 5.74) is 1.49. The number of nitrogens with one attached hydrogen (secondary N) is 1. The molecule has 2 rings (SSSR count). The smallest absolute Gasteiger partial charge is 0.406 e. The molecule has 0 spiro atoms. The van der Waals surface area contributed by atoms with Gasteiger partial charge in [-0.25, -0.2) is 9.78 Å². The Morgan fingerprint density at radius 1 is 1.29 bits per heavy atom. The number of carbonyl (C=O) groups excluding carboxylic acids is 2. The predicted molar refractivity (Wildman–Crippen MR) is 77.1 cm³/mol. The van der Waals surface area contributed by atoms with Crippen LogP contribution in [0.5, 0.6) is 0 Å². The van der Waals surface area contributed by atoms with Crippen LogP contribution in [0.2, 0.25) is 0 Å². The van der Waals surface area contributed by atoms with Gasteiger partial charge >= 0.3 is 6.09 Å². The Labute approximate surface area is 122 Å². The number of carbonyl (C=O) groups is 2. The number of ether oxygens (including phenoxy) is 1. The highest BCUT2D eigenvalue weighted by Crippen LogP contribution is 2.04. The number of ketones is 1. The maximum Gasteiger partial charge on any atom is 0.406 e. The monoisotopic (exact) mass is 287 g/mol. The molecule has 0 unspecified atom stereocenters. The Hall–Kier alpha value is -2.63. The van der Waals surface area contributed by atoms with E-state index >= 15 is 0 Å². The third-order valence-electron chi connectivity index (χ3n) is 2.94. The lowest BCUT2D eigenvalue weighted by Crippen LogP contribution is -2.25. The molecular weight excluding hydrogens is 270 g/mol. The minimum Gasteiger partial charge on any atom is -0.453 e. The third-order valence-corrected chi connectivity index (χ3v) is 2.94. The van der Waals surface area contributed by atoms with Crippen LogP contribution in [-0.2, 0) is 17.7 Å². The molecule has 1 heterocycles. The molecule has 6 heteroatoms. The van der Waals surface area contributed by atoms with Gasteiger partial charge in [0.05, 0.1) is 25.7 Å². The Kier molecular flexibility index (Phi) is 5.09. The van der Waals surface area contributed by atoms with Crippen LogP contribution in [0, 0.1) is 0 Å². The maximum atomic E-state index is 12.0. The molecule has 110 valence electrons. The number of amides is 1. The number of hydrogen-bond acceptors (Lipinski definition) is 4. The summed E-state index contributed by atoms with van der Waals surface area (Å²) in [4.78, 5) is 27.2. The summed E-state index contributed by atoms with van der Waals surface area (Å²) < 4.78 is 6.21. The first kappa shape index (κ1) is 14.8. The van der Waals surface area contributed by atoms with E-state index < -0.39 is 6.09 Å². The Morgan fingerprint density at radius 3 is 2.76 bits per heavy atom. The molecule has 0 bridgehead atoms. The first-order valence-corrected chi connectivity index (χ1v) is 6.60. The number of nitrogens with zero attached hydrogens (tertiary/aromatic N) is 2. The van der Waals surface area contributed by atoms with Gasteiger partial charge in [-0.2, -0.15) is 0 Å². The van der Waals surface area contributed by atoms with Gasteiger partial charge < -0.3 is 14.6 Å². The highest BCUT2D eigenvalue weighted by molar-refractivity contribution is 5.95. The van der Waals surface area contributed by atoms with E-state index in [4.69, 9.17) is 0 Å². The van der Waals surface area contributed by atoms with Crippen LogP contribution in [-0.4, -0.2) is 35.1 Å². The molecule has 0 aliphatic rings. The molecule has 0 saturated heterocycles. The van der Waals surface area contributed by atoms with E-state index in [9.17, 15) is 9.59 Å². The zero-order valence-electron chi connectivity index (χ0n) is 11.8. The largest absolute Gasteiger partial charge is 0.453 e. The van der Waals surface area contributed by atoms with Gasteiger partial charge in [-0.1, -0.05) is 30.3 Å². The number of methoxy groups -OCH3 is 1. The summed E-state index contributed by atoms with van der Waals surface area (Å²) in [6.45, 7) is 0.692. The van der Waals surface area contributed by atoms with Crippen molar-refractivity contribution < 1.29 is 14.3 Å². The molecule has 2 aromatic rings. The molecule has 0 saturated carbocycles. The molecule has 1 N–H and O–H groups in total. The zero-order valence-corrected chi connectivity index (χ0v) is 11.8. The number of aromatic nitrogens is 2. The molecule has 1 aromatic heterocycles. The first-order chi connectivity index (χ1) is 10.2. The minimum absolute atomic E-state index is 0.0345. The fraction of sp³-hybridized carbons (Fsp3) is 0.267. The van der Waals surface area contributed by atoms with Gasteiger partial charge in [0.15, 0.2) is 5.78 Å². The fourth-order valence-corrected chi connectivity index (χ4v) is 1.87. The van der Waals surface area contributed by atoms with Gasteiger partial charge in [-0.3, -0.25) is 4.79 Å². The molecule has 0 aliphatic carbocycles. The molecule has 6 nitrogen and oxygen atoms in total. The predicted octanol–water partition coefficient (Wildman–Crippen LogP) is 1.66. The second kappa shape index (κ2) is 7.23. The van der Waals surface area contributed by atoms with Crippen molar-refractivity contribution in [1.29, 1.82) is 0 Å². The standard InChI is InChI=1S/C15H17N3O3/c1-21-15(20)16-8-7-13-9-18(11-17-13)10-14(19)12-5-3-2-4-6-12/h2-6,9,11H,7-8,10H2,1H3,(H,16,20). The van der Waals surface area contributed by atoms with Crippen LogP contribution in [0.15, 0.2) is 42.9 Å². The van der Waals surface area contributed by atoms with E-state index in [0.717, 1.165) is 5.69 Å². The lowest BCUT2D eigenvalue weighted by Gasteiger charge is -2.02. The number of hydrogen-bond donors (Lipinski definition) is 1. The highest BCUT2D eigenvalue weighted by Gasteiger charge is 2.07. The quantitative estimate of drug-likeness (QED) is 0.820. The van der Waals surface area contributed by atoms with E-state index in [1.54, 1.807) is 29.2 Å². The van der Waals surface area contributed by atoms with Crippen molar-refractivity contribution >= 4 is 11.9 Å². The van der Waals surface area contributed by atoms with E-state index in [1.807, 2.05) is 18.2 Å². The van der Waals surface area contributed by atoms with Gasteiger partial charge in [-0.05, 0) is 0 Å². The summed E-state index contributed by atoms with van der Waals surface area (Å²) in [5, 5.41) is 2.58. The average Bonchev–Trinajstić information content (AvgIpc) is 2.95.